The van der Waals surface area contributed by atoms with Gasteiger partial charge >= 0.3 is 0 Å². The molecule has 0 radical (unpaired) electrons. The number of amides is 1. The molecule has 0 aromatic heterocycles. The van der Waals surface area contributed by atoms with Crippen molar-refractivity contribution < 1.29 is 4.79 Å². The summed E-state index contributed by atoms with van der Waals surface area (Å²) in [7, 11) is 2.02. The van der Waals surface area contributed by atoms with Crippen LogP contribution < -0.4 is 10.2 Å². The van der Waals surface area contributed by atoms with Gasteiger partial charge in [-0.15, -0.1) is 12.4 Å². The third kappa shape index (κ3) is 4.25. The Balaban J connectivity index is 0.00000192. The van der Waals surface area contributed by atoms with Crippen LogP contribution in [0.4, 0.5) is 5.69 Å². The molecular formula is C18H28ClN3O. The number of piperidine rings is 1. The minimum absolute atomic E-state index is 0. The van der Waals surface area contributed by atoms with Crippen LogP contribution in [-0.4, -0.2) is 50.1 Å². The van der Waals surface area contributed by atoms with Gasteiger partial charge in [-0.1, -0.05) is 18.2 Å². The third-order valence-corrected chi connectivity index (χ3v) is 5.14. The second-order valence-electron chi connectivity index (χ2n) is 6.50. The fourth-order valence-electron chi connectivity index (χ4n) is 3.77. The van der Waals surface area contributed by atoms with E-state index < -0.39 is 0 Å². The molecule has 2 fully saturated rings. The molecule has 1 aromatic carbocycles. The van der Waals surface area contributed by atoms with E-state index in [0.29, 0.717) is 5.91 Å². The van der Waals surface area contributed by atoms with Gasteiger partial charge in [0.25, 0.3) is 0 Å². The first-order valence-corrected chi connectivity index (χ1v) is 8.54. The van der Waals surface area contributed by atoms with E-state index in [0.717, 1.165) is 44.2 Å². The van der Waals surface area contributed by atoms with Gasteiger partial charge in [0, 0.05) is 12.2 Å². The Hall–Kier alpha value is -1.10. The van der Waals surface area contributed by atoms with Crippen LogP contribution in [0.15, 0.2) is 30.3 Å². The summed E-state index contributed by atoms with van der Waals surface area (Å²) < 4.78 is 0. The van der Waals surface area contributed by atoms with Gasteiger partial charge in [-0.3, -0.25) is 9.69 Å². The van der Waals surface area contributed by atoms with E-state index in [1.54, 1.807) is 0 Å². The minimum atomic E-state index is 0. The molecule has 0 bridgehead atoms. The zero-order valence-electron chi connectivity index (χ0n) is 13.9. The number of hydrogen-bond acceptors (Lipinski definition) is 3. The molecule has 5 heteroatoms. The highest BCUT2D eigenvalue weighted by molar-refractivity contribution is 5.99. The third-order valence-electron chi connectivity index (χ3n) is 5.14. The van der Waals surface area contributed by atoms with E-state index in [-0.39, 0.29) is 18.4 Å². The van der Waals surface area contributed by atoms with Crippen molar-refractivity contribution in [3.8, 4) is 0 Å². The Morgan fingerprint density at radius 2 is 1.78 bits per heavy atom. The Morgan fingerprint density at radius 1 is 1.09 bits per heavy atom. The first-order chi connectivity index (χ1) is 10.8. The maximum absolute atomic E-state index is 12.7. The lowest BCUT2D eigenvalue weighted by molar-refractivity contribution is -0.122. The van der Waals surface area contributed by atoms with E-state index in [1.807, 2.05) is 42.3 Å². The van der Waals surface area contributed by atoms with Crippen LogP contribution >= 0.6 is 12.4 Å². The van der Waals surface area contributed by atoms with Crippen molar-refractivity contribution in [1.29, 1.82) is 0 Å². The average Bonchev–Trinajstić information content (AvgIpc) is 2.96. The van der Waals surface area contributed by atoms with Gasteiger partial charge in [-0.2, -0.15) is 0 Å². The van der Waals surface area contributed by atoms with E-state index in [4.69, 9.17) is 0 Å². The predicted molar refractivity (Wildman–Crippen MR) is 97.3 cm³/mol. The number of nitrogens with one attached hydrogen (secondary N) is 1. The highest BCUT2D eigenvalue weighted by Crippen LogP contribution is 2.28. The highest BCUT2D eigenvalue weighted by Gasteiger charge is 2.37. The monoisotopic (exact) mass is 337 g/mol. The minimum Gasteiger partial charge on any atom is -0.320 e. The average molecular weight is 338 g/mol. The number of rotatable bonds is 5. The molecule has 1 atom stereocenters. The molecule has 128 valence electrons. The van der Waals surface area contributed by atoms with Crippen LogP contribution in [0.25, 0.3) is 0 Å². The molecule has 2 aliphatic rings. The number of likely N-dealkylation sites (tertiary alicyclic amines) is 1. The van der Waals surface area contributed by atoms with Crippen molar-refractivity contribution in [1.82, 2.24) is 10.2 Å². The van der Waals surface area contributed by atoms with Gasteiger partial charge in [-0.05, 0) is 70.4 Å². The van der Waals surface area contributed by atoms with Crippen LogP contribution in [-0.2, 0) is 4.79 Å². The van der Waals surface area contributed by atoms with Crippen LogP contribution in [0.3, 0.4) is 0 Å². The van der Waals surface area contributed by atoms with Crippen LogP contribution in [0.1, 0.15) is 25.7 Å². The van der Waals surface area contributed by atoms with Crippen LogP contribution in [0.5, 0.6) is 0 Å². The number of hydrogen-bond donors (Lipinski definition) is 1. The van der Waals surface area contributed by atoms with Crippen molar-refractivity contribution in [3.63, 3.8) is 0 Å². The molecule has 1 aromatic rings. The standard InChI is InChI=1S/C18H27N3O.ClH/c1-19-11-7-15-8-12-20(13-9-15)17-10-14-21(18(17)22)16-5-3-2-4-6-16;/h2-6,15,17,19H,7-14H2,1H3;1H. The van der Waals surface area contributed by atoms with Crippen molar-refractivity contribution in [2.75, 3.05) is 38.1 Å². The number of carbonyl (C=O) groups excluding carboxylic acids is 1. The number of nitrogens with zero attached hydrogens (tertiary/aromatic N) is 2. The van der Waals surface area contributed by atoms with Crippen molar-refractivity contribution >= 4 is 24.0 Å². The van der Waals surface area contributed by atoms with E-state index in [2.05, 4.69) is 10.2 Å². The number of halogens is 1. The van der Waals surface area contributed by atoms with Crippen LogP contribution in [0.2, 0.25) is 0 Å². The van der Waals surface area contributed by atoms with E-state index in [1.165, 1.54) is 19.3 Å². The topological polar surface area (TPSA) is 35.6 Å². The summed E-state index contributed by atoms with van der Waals surface area (Å²) in [6, 6.07) is 10.2. The molecule has 2 aliphatic heterocycles. The highest BCUT2D eigenvalue weighted by atomic mass is 35.5. The SMILES string of the molecule is CNCCC1CCN(C2CCN(c3ccccc3)C2=O)CC1.Cl. The lowest BCUT2D eigenvalue weighted by Gasteiger charge is -2.35. The van der Waals surface area contributed by atoms with Gasteiger partial charge in [0.2, 0.25) is 5.91 Å². The quantitative estimate of drug-likeness (QED) is 0.897. The van der Waals surface area contributed by atoms with Crippen molar-refractivity contribution in [3.05, 3.63) is 30.3 Å². The number of benzene rings is 1. The summed E-state index contributed by atoms with van der Waals surface area (Å²) in [5.74, 6) is 1.12. The Morgan fingerprint density at radius 3 is 2.43 bits per heavy atom. The summed E-state index contributed by atoms with van der Waals surface area (Å²) in [6.45, 7) is 4.11. The van der Waals surface area contributed by atoms with E-state index in [9.17, 15) is 4.79 Å². The second kappa shape index (κ2) is 8.67. The number of carbonyl (C=O) groups is 1. The molecule has 0 saturated carbocycles. The first-order valence-electron chi connectivity index (χ1n) is 8.54. The lowest BCUT2D eigenvalue weighted by atomic mass is 9.92. The lowest BCUT2D eigenvalue weighted by Crippen LogP contribution is -2.46. The normalized spacial score (nSPS) is 23.1. The maximum Gasteiger partial charge on any atom is 0.244 e. The molecule has 0 spiro atoms. The molecule has 1 amide bonds. The fourth-order valence-corrected chi connectivity index (χ4v) is 3.77. The summed E-state index contributed by atoms with van der Waals surface area (Å²) >= 11 is 0. The smallest absolute Gasteiger partial charge is 0.244 e. The largest absolute Gasteiger partial charge is 0.320 e. The number of para-hydroxylation sites is 1. The van der Waals surface area contributed by atoms with E-state index >= 15 is 0 Å². The summed E-state index contributed by atoms with van der Waals surface area (Å²) in [5, 5.41) is 3.24. The van der Waals surface area contributed by atoms with Crippen molar-refractivity contribution in [2.24, 2.45) is 5.92 Å². The molecule has 2 saturated heterocycles. The zero-order chi connectivity index (χ0) is 15.4. The Labute approximate surface area is 145 Å². The first kappa shape index (κ1) is 18.2. The molecule has 23 heavy (non-hydrogen) atoms. The molecule has 0 aliphatic carbocycles. The molecule has 1 unspecified atom stereocenters. The fraction of sp³-hybridized carbons (Fsp3) is 0.611. The predicted octanol–water partition coefficient (Wildman–Crippen LogP) is 2.54. The van der Waals surface area contributed by atoms with Gasteiger partial charge in [0.05, 0.1) is 6.04 Å². The molecular weight excluding hydrogens is 310 g/mol. The maximum atomic E-state index is 12.7. The molecule has 4 nitrogen and oxygen atoms in total. The zero-order valence-corrected chi connectivity index (χ0v) is 14.7. The molecule has 2 heterocycles. The molecule has 1 N–H and O–H groups in total. The second-order valence-corrected chi connectivity index (χ2v) is 6.50. The van der Waals surface area contributed by atoms with Crippen LogP contribution in [0, 0.1) is 5.92 Å². The van der Waals surface area contributed by atoms with Gasteiger partial charge in [0.15, 0.2) is 0 Å². The number of anilines is 1. The summed E-state index contributed by atoms with van der Waals surface area (Å²) in [5.41, 5.74) is 1.04. The molecule has 3 rings (SSSR count). The van der Waals surface area contributed by atoms with Crippen molar-refractivity contribution in [2.45, 2.75) is 31.7 Å². The Kier molecular flexibility index (Phi) is 6.88. The summed E-state index contributed by atoms with van der Waals surface area (Å²) in [6.07, 6.45) is 4.70. The summed E-state index contributed by atoms with van der Waals surface area (Å²) in [4.78, 5) is 17.1. The van der Waals surface area contributed by atoms with Gasteiger partial charge in [0.1, 0.15) is 0 Å². The Bertz CT molecular complexity index is 488. The van der Waals surface area contributed by atoms with Gasteiger partial charge < -0.3 is 10.2 Å². The van der Waals surface area contributed by atoms with Gasteiger partial charge in [-0.25, -0.2) is 0 Å².